The van der Waals surface area contributed by atoms with Gasteiger partial charge in [-0.05, 0) is 64.1 Å². The van der Waals surface area contributed by atoms with Gasteiger partial charge in [-0.3, -0.25) is 0 Å². The van der Waals surface area contributed by atoms with Gasteiger partial charge in [-0.2, -0.15) is 0 Å². The van der Waals surface area contributed by atoms with Crippen LogP contribution in [-0.2, 0) is 6.54 Å². The Morgan fingerprint density at radius 1 is 1.32 bits per heavy atom. The molecule has 0 spiro atoms. The summed E-state index contributed by atoms with van der Waals surface area (Å²) in [5, 5.41) is 3.21. The molecule has 1 heterocycles. The van der Waals surface area contributed by atoms with Crippen molar-refractivity contribution in [2.75, 3.05) is 39.1 Å². The van der Waals surface area contributed by atoms with Crippen LogP contribution in [-0.4, -0.2) is 45.2 Å². The van der Waals surface area contributed by atoms with E-state index in [1.807, 2.05) is 7.05 Å². The molecule has 1 aliphatic rings. The smallest absolute Gasteiger partial charge is 0.0396 e. The number of nitrogens with zero attached hydrogens (tertiary/aromatic N) is 2. The number of hydrogen-bond acceptors (Lipinski definition) is 3. The Hall–Kier alpha value is -1.06. The highest BCUT2D eigenvalue weighted by molar-refractivity contribution is 5.54. The molecule has 1 aromatic rings. The molecule has 3 heteroatoms. The van der Waals surface area contributed by atoms with Gasteiger partial charge in [-0.25, -0.2) is 0 Å². The predicted molar refractivity (Wildman–Crippen MR) is 82.9 cm³/mol. The number of rotatable bonds is 4. The number of hydrogen-bond donors (Lipinski definition) is 1. The van der Waals surface area contributed by atoms with Gasteiger partial charge in [-0.15, -0.1) is 0 Å². The van der Waals surface area contributed by atoms with Crippen LogP contribution in [0, 0.1) is 6.92 Å². The molecule has 1 aliphatic heterocycles. The van der Waals surface area contributed by atoms with Crippen molar-refractivity contribution in [2.24, 2.45) is 0 Å². The Balaban J connectivity index is 2.08. The molecule has 1 N–H and O–H groups in total. The summed E-state index contributed by atoms with van der Waals surface area (Å²) in [6.07, 6.45) is 2.54. The fourth-order valence-corrected chi connectivity index (χ4v) is 3.01. The van der Waals surface area contributed by atoms with Crippen LogP contribution < -0.4 is 10.2 Å². The summed E-state index contributed by atoms with van der Waals surface area (Å²) in [6, 6.07) is 7.51. The summed E-state index contributed by atoms with van der Waals surface area (Å²) in [7, 11) is 6.46. The molecular formula is C16H27N3. The lowest BCUT2D eigenvalue weighted by molar-refractivity contribution is 0.253. The highest BCUT2D eigenvalue weighted by Crippen LogP contribution is 2.25. The zero-order valence-corrected chi connectivity index (χ0v) is 12.7. The van der Waals surface area contributed by atoms with Crippen LogP contribution in [0.15, 0.2) is 18.2 Å². The molecule has 0 amide bonds. The maximum absolute atomic E-state index is 3.21. The first-order valence-electron chi connectivity index (χ1n) is 7.27. The monoisotopic (exact) mass is 261 g/mol. The highest BCUT2D eigenvalue weighted by Gasteiger charge is 2.21. The molecule has 1 fully saturated rings. The minimum Gasteiger partial charge on any atom is -0.371 e. The van der Waals surface area contributed by atoms with Crippen LogP contribution in [0.1, 0.15) is 24.0 Å². The van der Waals surface area contributed by atoms with Gasteiger partial charge < -0.3 is 15.1 Å². The van der Waals surface area contributed by atoms with Crippen LogP contribution in [0.4, 0.5) is 5.69 Å². The summed E-state index contributed by atoms with van der Waals surface area (Å²) in [5.74, 6) is 0. The van der Waals surface area contributed by atoms with Gasteiger partial charge in [-0.1, -0.05) is 12.1 Å². The fraction of sp³-hybridized carbons (Fsp3) is 0.625. The van der Waals surface area contributed by atoms with E-state index in [-0.39, 0.29) is 0 Å². The zero-order chi connectivity index (χ0) is 13.8. The van der Waals surface area contributed by atoms with E-state index in [2.05, 4.69) is 54.3 Å². The van der Waals surface area contributed by atoms with Gasteiger partial charge >= 0.3 is 0 Å². The van der Waals surface area contributed by atoms with Crippen molar-refractivity contribution in [3.05, 3.63) is 29.3 Å². The van der Waals surface area contributed by atoms with E-state index in [1.54, 1.807) is 0 Å². The van der Waals surface area contributed by atoms with Crippen LogP contribution in [0.3, 0.4) is 0 Å². The fourth-order valence-electron chi connectivity index (χ4n) is 3.01. The van der Waals surface area contributed by atoms with E-state index >= 15 is 0 Å². The van der Waals surface area contributed by atoms with Crippen molar-refractivity contribution in [2.45, 2.75) is 32.4 Å². The van der Waals surface area contributed by atoms with Crippen molar-refractivity contribution in [1.29, 1.82) is 0 Å². The van der Waals surface area contributed by atoms with Crippen LogP contribution >= 0.6 is 0 Å². The SMILES string of the molecule is CNCc1ccc(N(C)C2CCN(C)CC2)c(C)c1. The van der Waals surface area contributed by atoms with E-state index in [9.17, 15) is 0 Å². The van der Waals surface area contributed by atoms with E-state index < -0.39 is 0 Å². The number of aryl methyl sites for hydroxylation is 1. The lowest BCUT2D eigenvalue weighted by Gasteiger charge is -2.37. The molecule has 19 heavy (non-hydrogen) atoms. The van der Waals surface area contributed by atoms with Crippen molar-refractivity contribution >= 4 is 5.69 Å². The normalized spacial score (nSPS) is 17.7. The molecule has 0 aliphatic carbocycles. The molecule has 3 nitrogen and oxygen atoms in total. The molecule has 0 bridgehead atoms. The Morgan fingerprint density at radius 2 is 2.00 bits per heavy atom. The summed E-state index contributed by atoms with van der Waals surface area (Å²) in [5.41, 5.74) is 4.13. The Morgan fingerprint density at radius 3 is 2.58 bits per heavy atom. The second-order valence-corrected chi connectivity index (χ2v) is 5.80. The Bertz CT molecular complexity index is 408. The second-order valence-electron chi connectivity index (χ2n) is 5.80. The maximum Gasteiger partial charge on any atom is 0.0396 e. The van der Waals surface area contributed by atoms with E-state index in [0.717, 1.165) is 6.54 Å². The summed E-state index contributed by atoms with van der Waals surface area (Å²) in [6.45, 7) is 5.59. The molecule has 1 saturated heterocycles. The van der Waals surface area contributed by atoms with Crippen LogP contribution in [0.2, 0.25) is 0 Å². The lowest BCUT2D eigenvalue weighted by atomic mass is 10.0. The van der Waals surface area contributed by atoms with Gasteiger partial charge in [0.15, 0.2) is 0 Å². The number of likely N-dealkylation sites (tertiary alicyclic amines) is 1. The van der Waals surface area contributed by atoms with Gasteiger partial charge in [0, 0.05) is 25.3 Å². The van der Waals surface area contributed by atoms with Crippen molar-refractivity contribution in [3.8, 4) is 0 Å². The van der Waals surface area contributed by atoms with Gasteiger partial charge in [0.1, 0.15) is 0 Å². The standard InChI is InChI=1S/C16H27N3/c1-13-11-14(12-17-2)5-6-16(13)19(4)15-7-9-18(3)10-8-15/h5-6,11,15,17H,7-10,12H2,1-4H3. The predicted octanol–water partition coefficient (Wildman–Crippen LogP) is 2.24. The minimum absolute atomic E-state index is 0.685. The highest BCUT2D eigenvalue weighted by atomic mass is 15.2. The minimum atomic E-state index is 0.685. The molecule has 0 atom stereocenters. The first kappa shape index (κ1) is 14.4. The Kier molecular flexibility index (Phi) is 4.83. The van der Waals surface area contributed by atoms with Gasteiger partial charge in [0.05, 0.1) is 0 Å². The first-order valence-corrected chi connectivity index (χ1v) is 7.27. The quantitative estimate of drug-likeness (QED) is 0.897. The van der Waals surface area contributed by atoms with Crippen LogP contribution in [0.25, 0.3) is 0 Å². The molecule has 1 aromatic carbocycles. The molecule has 0 saturated carbocycles. The van der Waals surface area contributed by atoms with E-state index in [0.29, 0.717) is 6.04 Å². The molecule has 0 aromatic heterocycles. The molecular weight excluding hydrogens is 234 g/mol. The number of piperidine rings is 1. The number of nitrogens with one attached hydrogen (secondary N) is 1. The van der Waals surface area contributed by atoms with Gasteiger partial charge in [0.25, 0.3) is 0 Å². The summed E-state index contributed by atoms with van der Waals surface area (Å²) >= 11 is 0. The van der Waals surface area contributed by atoms with Crippen LogP contribution in [0.5, 0.6) is 0 Å². The topological polar surface area (TPSA) is 18.5 Å². The third kappa shape index (κ3) is 3.48. The first-order chi connectivity index (χ1) is 9.11. The largest absolute Gasteiger partial charge is 0.371 e. The van der Waals surface area contributed by atoms with Crippen molar-refractivity contribution in [1.82, 2.24) is 10.2 Å². The molecule has 0 unspecified atom stereocenters. The average molecular weight is 261 g/mol. The van der Waals surface area contributed by atoms with E-state index in [1.165, 1.54) is 42.7 Å². The third-order valence-electron chi connectivity index (χ3n) is 4.26. The summed E-state index contributed by atoms with van der Waals surface area (Å²) < 4.78 is 0. The second kappa shape index (κ2) is 6.40. The maximum atomic E-state index is 3.21. The molecule has 106 valence electrons. The van der Waals surface area contributed by atoms with Crippen molar-refractivity contribution < 1.29 is 0 Å². The molecule has 2 rings (SSSR count). The number of benzene rings is 1. The third-order valence-corrected chi connectivity index (χ3v) is 4.26. The summed E-state index contributed by atoms with van der Waals surface area (Å²) in [4.78, 5) is 4.90. The lowest BCUT2D eigenvalue weighted by Crippen LogP contribution is -2.42. The molecule has 0 radical (unpaired) electrons. The van der Waals surface area contributed by atoms with E-state index in [4.69, 9.17) is 0 Å². The van der Waals surface area contributed by atoms with Crippen molar-refractivity contribution in [3.63, 3.8) is 0 Å². The number of anilines is 1. The average Bonchev–Trinajstić information content (AvgIpc) is 2.39. The van der Waals surface area contributed by atoms with Gasteiger partial charge in [0.2, 0.25) is 0 Å². The Labute approximate surface area is 117 Å². The zero-order valence-electron chi connectivity index (χ0n) is 12.7.